The van der Waals surface area contributed by atoms with Gasteiger partial charge in [-0.25, -0.2) is 0 Å². The van der Waals surface area contributed by atoms with Crippen LogP contribution < -0.4 is 5.32 Å². The molecule has 1 aromatic carbocycles. The van der Waals surface area contributed by atoms with E-state index in [1.54, 1.807) is 6.20 Å². The second kappa shape index (κ2) is 6.51. The molecule has 0 saturated heterocycles. The van der Waals surface area contributed by atoms with E-state index in [2.05, 4.69) is 48.9 Å². The number of halogens is 2. The van der Waals surface area contributed by atoms with Crippen LogP contribution in [0.1, 0.15) is 16.1 Å². The third-order valence-corrected chi connectivity index (χ3v) is 4.20. The lowest BCUT2D eigenvalue weighted by Crippen LogP contribution is -2.26. The molecule has 0 saturated carbocycles. The van der Waals surface area contributed by atoms with E-state index in [4.69, 9.17) is 0 Å². The fourth-order valence-electron chi connectivity index (χ4n) is 1.72. The minimum atomic E-state index is -0.0483. The van der Waals surface area contributed by atoms with Crippen LogP contribution in [0.15, 0.2) is 34.9 Å². The van der Waals surface area contributed by atoms with Crippen LogP contribution >= 0.6 is 38.5 Å². The van der Waals surface area contributed by atoms with E-state index in [-0.39, 0.29) is 5.91 Å². The molecule has 0 aliphatic rings. The van der Waals surface area contributed by atoms with Crippen LogP contribution in [0.2, 0.25) is 0 Å². The van der Waals surface area contributed by atoms with Crippen molar-refractivity contribution in [1.29, 1.82) is 0 Å². The second-order valence-corrected chi connectivity index (χ2v) is 6.15. The number of aromatic nitrogens is 2. The summed E-state index contributed by atoms with van der Waals surface area (Å²) in [5, 5.41) is 7.02. The van der Waals surface area contributed by atoms with E-state index in [1.807, 2.05) is 36.0 Å². The van der Waals surface area contributed by atoms with Crippen LogP contribution in [-0.2, 0) is 13.5 Å². The Balaban J connectivity index is 1.94. The van der Waals surface area contributed by atoms with Gasteiger partial charge in [0.1, 0.15) is 0 Å². The Morgan fingerprint density at radius 3 is 2.95 bits per heavy atom. The van der Waals surface area contributed by atoms with Crippen molar-refractivity contribution >= 4 is 44.4 Å². The van der Waals surface area contributed by atoms with E-state index in [0.717, 1.165) is 20.2 Å². The maximum absolute atomic E-state index is 12.1. The molecule has 4 nitrogen and oxygen atoms in total. The van der Waals surface area contributed by atoms with Crippen molar-refractivity contribution in [3.05, 3.63) is 49.8 Å². The molecule has 1 aromatic heterocycles. The minimum absolute atomic E-state index is 0.0483. The molecule has 6 heteroatoms. The second-order valence-electron chi connectivity index (χ2n) is 4.08. The van der Waals surface area contributed by atoms with Crippen LogP contribution in [0.4, 0.5) is 0 Å². The fourth-order valence-corrected chi connectivity index (χ4v) is 2.66. The first-order valence-electron chi connectivity index (χ1n) is 5.78. The van der Waals surface area contributed by atoms with Gasteiger partial charge >= 0.3 is 0 Å². The minimum Gasteiger partial charge on any atom is -0.352 e. The predicted molar refractivity (Wildman–Crippen MR) is 86.1 cm³/mol. The van der Waals surface area contributed by atoms with Crippen molar-refractivity contribution in [2.75, 3.05) is 6.54 Å². The summed E-state index contributed by atoms with van der Waals surface area (Å²) in [6.45, 7) is 0.598. The normalized spacial score (nSPS) is 10.5. The molecule has 1 amide bonds. The monoisotopic (exact) mass is 433 g/mol. The fraction of sp³-hybridized carbons (Fsp3) is 0.231. The lowest BCUT2D eigenvalue weighted by molar-refractivity contribution is 0.0953. The van der Waals surface area contributed by atoms with Crippen molar-refractivity contribution in [3.8, 4) is 0 Å². The maximum atomic E-state index is 12.1. The lowest BCUT2D eigenvalue weighted by Gasteiger charge is -2.07. The first kappa shape index (κ1) is 14.5. The third kappa shape index (κ3) is 3.79. The molecular formula is C13H13BrIN3O. The summed E-state index contributed by atoms with van der Waals surface area (Å²) in [5.41, 5.74) is 1.80. The van der Waals surface area contributed by atoms with Gasteiger partial charge in [0.15, 0.2) is 0 Å². The highest BCUT2D eigenvalue weighted by Gasteiger charge is 2.10. The van der Waals surface area contributed by atoms with Crippen LogP contribution in [0.25, 0.3) is 0 Å². The van der Waals surface area contributed by atoms with Gasteiger partial charge in [-0.1, -0.05) is 15.9 Å². The highest BCUT2D eigenvalue weighted by molar-refractivity contribution is 14.1. The number of nitrogens with zero attached hydrogens (tertiary/aromatic N) is 2. The lowest BCUT2D eigenvalue weighted by atomic mass is 10.2. The van der Waals surface area contributed by atoms with Gasteiger partial charge in [0.05, 0.1) is 5.56 Å². The summed E-state index contributed by atoms with van der Waals surface area (Å²) < 4.78 is 3.66. The number of carbonyl (C=O) groups excluding carboxylic acids is 1. The number of rotatable bonds is 4. The van der Waals surface area contributed by atoms with Gasteiger partial charge in [-0.15, -0.1) is 0 Å². The van der Waals surface area contributed by atoms with Crippen molar-refractivity contribution in [2.24, 2.45) is 7.05 Å². The van der Waals surface area contributed by atoms with Gasteiger partial charge in [-0.05, 0) is 46.9 Å². The zero-order valence-electron chi connectivity index (χ0n) is 10.4. The predicted octanol–water partition coefficient (Wildman–Crippen LogP) is 2.76. The smallest absolute Gasteiger partial charge is 0.252 e. The number of amides is 1. The molecule has 0 fully saturated rings. The number of carbonyl (C=O) groups is 1. The zero-order valence-corrected chi connectivity index (χ0v) is 14.1. The summed E-state index contributed by atoms with van der Waals surface area (Å²) >= 11 is 5.54. The summed E-state index contributed by atoms with van der Waals surface area (Å²) in [4.78, 5) is 12.1. The van der Waals surface area contributed by atoms with E-state index in [1.165, 1.54) is 0 Å². The Kier molecular flexibility index (Phi) is 4.98. The average molecular weight is 434 g/mol. The van der Waals surface area contributed by atoms with Gasteiger partial charge in [0, 0.05) is 39.9 Å². The number of aryl methyl sites for hydroxylation is 1. The number of hydrogen-bond acceptors (Lipinski definition) is 2. The van der Waals surface area contributed by atoms with Gasteiger partial charge in [-0.3, -0.25) is 9.48 Å². The molecule has 0 atom stereocenters. The van der Waals surface area contributed by atoms with E-state index < -0.39 is 0 Å². The average Bonchev–Trinajstić information content (AvgIpc) is 2.78. The van der Waals surface area contributed by atoms with Crippen LogP contribution in [0.3, 0.4) is 0 Å². The van der Waals surface area contributed by atoms with Crippen LogP contribution in [0.5, 0.6) is 0 Å². The molecule has 0 spiro atoms. The molecule has 0 bridgehead atoms. The highest BCUT2D eigenvalue weighted by Crippen LogP contribution is 2.18. The molecule has 2 rings (SSSR count). The molecule has 0 aliphatic carbocycles. The summed E-state index contributed by atoms with van der Waals surface area (Å²) in [6, 6.07) is 7.63. The standard InChI is InChI=1S/C13H13BrIN3O/c1-18-10(5-7-17-18)4-6-16-13(19)11-8-9(14)2-3-12(11)15/h2-3,5,7-8H,4,6H2,1H3,(H,16,19). The highest BCUT2D eigenvalue weighted by atomic mass is 127. The Labute approximate surface area is 133 Å². The number of nitrogens with one attached hydrogen (secondary N) is 1. The van der Waals surface area contributed by atoms with E-state index in [0.29, 0.717) is 12.1 Å². The van der Waals surface area contributed by atoms with Gasteiger partial charge in [-0.2, -0.15) is 5.10 Å². The first-order valence-corrected chi connectivity index (χ1v) is 7.65. The quantitative estimate of drug-likeness (QED) is 0.753. The van der Waals surface area contributed by atoms with Crippen LogP contribution in [-0.4, -0.2) is 22.2 Å². The van der Waals surface area contributed by atoms with Gasteiger partial charge in [0.25, 0.3) is 5.91 Å². The molecule has 100 valence electrons. The van der Waals surface area contributed by atoms with Crippen molar-refractivity contribution in [3.63, 3.8) is 0 Å². The van der Waals surface area contributed by atoms with Crippen molar-refractivity contribution < 1.29 is 4.79 Å². The molecule has 19 heavy (non-hydrogen) atoms. The molecule has 0 radical (unpaired) electrons. The zero-order chi connectivity index (χ0) is 13.8. The van der Waals surface area contributed by atoms with Gasteiger partial charge < -0.3 is 5.32 Å². The number of benzene rings is 1. The third-order valence-electron chi connectivity index (χ3n) is 2.76. The topological polar surface area (TPSA) is 46.9 Å². The summed E-state index contributed by atoms with van der Waals surface area (Å²) in [7, 11) is 1.90. The number of hydrogen-bond donors (Lipinski definition) is 1. The van der Waals surface area contributed by atoms with Crippen LogP contribution in [0, 0.1) is 3.57 Å². The Morgan fingerprint density at radius 1 is 1.47 bits per heavy atom. The van der Waals surface area contributed by atoms with E-state index >= 15 is 0 Å². The SMILES string of the molecule is Cn1nccc1CCNC(=O)c1cc(Br)ccc1I. The summed E-state index contributed by atoms with van der Waals surface area (Å²) in [5.74, 6) is -0.0483. The molecule has 0 aliphatic heterocycles. The Hall–Kier alpha value is -0.890. The first-order chi connectivity index (χ1) is 9.08. The van der Waals surface area contributed by atoms with E-state index in [9.17, 15) is 4.79 Å². The van der Waals surface area contributed by atoms with Crippen molar-refractivity contribution in [2.45, 2.75) is 6.42 Å². The summed E-state index contributed by atoms with van der Waals surface area (Å²) in [6.07, 6.45) is 2.53. The molecule has 0 unspecified atom stereocenters. The Morgan fingerprint density at radius 2 is 2.26 bits per heavy atom. The largest absolute Gasteiger partial charge is 0.352 e. The molecule has 1 N–H and O–H groups in total. The molecule has 1 heterocycles. The van der Waals surface area contributed by atoms with Gasteiger partial charge in [0.2, 0.25) is 0 Å². The molecule has 2 aromatic rings. The maximum Gasteiger partial charge on any atom is 0.252 e. The van der Waals surface area contributed by atoms with Crippen molar-refractivity contribution in [1.82, 2.24) is 15.1 Å². The molecular weight excluding hydrogens is 421 g/mol. The Bertz CT molecular complexity index is 597.